The molecule has 3 aromatic rings. The van der Waals surface area contributed by atoms with Gasteiger partial charge in [0.15, 0.2) is 0 Å². The van der Waals surface area contributed by atoms with Crippen molar-refractivity contribution in [2.45, 2.75) is 45.9 Å². The Balaban J connectivity index is 1.46. The van der Waals surface area contributed by atoms with E-state index in [4.69, 9.17) is 4.42 Å². The molecule has 4 rings (SSSR count). The third-order valence-corrected chi connectivity index (χ3v) is 6.39. The van der Waals surface area contributed by atoms with E-state index in [1.165, 1.54) is 6.07 Å². The first kappa shape index (κ1) is 24.7. The molecular weight excluding hydrogens is 445 g/mol. The van der Waals surface area contributed by atoms with Gasteiger partial charge in [0, 0.05) is 49.3 Å². The summed E-state index contributed by atoms with van der Waals surface area (Å²) in [4.78, 5) is 30.1. The Hall–Kier alpha value is -3.45. The highest BCUT2D eigenvalue weighted by atomic mass is 19.1. The van der Waals surface area contributed by atoms with Gasteiger partial charge in [-0.3, -0.25) is 14.5 Å². The predicted octanol–water partition coefficient (Wildman–Crippen LogP) is 4.46. The molecule has 7 heteroatoms. The highest BCUT2D eigenvalue weighted by Crippen LogP contribution is 2.23. The fourth-order valence-corrected chi connectivity index (χ4v) is 4.59. The number of amides is 2. The fraction of sp³-hybridized carbons (Fsp3) is 0.357. The Labute approximate surface area is 205 Å². The van der Waals surface area contributed by atoms with Gasteiger partial charge in [0.1, 0.15) is 17.6 Å². The first-order chi connectivity index (χ1) is 16.8. The smallest absolute Gasteiger partial charge is 0.244 e. The summed E-state index contributed by atoms with van der Waals surface area (Å²) in [5, 5.41) is 3.01. The molecule has 1 aliphatic heterocycles. The van der Waals surface area contributed by atoms with Crippen molar-refractivity contribution < 1.29 is 18.4 Å². The number of hydrogen-bond donors (Lipinski definition) is 1. The molecule has 0 radical (unpaired) electrons. The summed E-state index contributed by atoms with van der Waals surface area (Å²) >= 11 is 0. The molecule has 2 heterocycles. The average molecular weight is 478 g/mol. The van der Waals surface area contributed by atoms with Crippen LogP contribution in [0.3, 0.4) is 0 Å². The minimum absolute atomic E-state index is 0.0500. The van der Waals surface area contributed by atoms with Crippen LogP contribution < -0.4 is 5.32 Å². The summed E-state index contributed by atoms with van der Waals surface area (Å²) in [6.45, 7) is 7.29. The van der Waals surface area contributed by atoms with Crippen LogP contribution >= 0.6 is 0 Å². The average Bonchev–Trinajstić information content (AvgIpc) is 3.38. The summed E-state index contributed by atoms with van der Waals surface area (Å²) in [6.07, 6.45) is 1.63. The number of benzene rings is 2. The van der Waals surface area contributed by atoms with E-state index < -0.39 is 6.04 Å². The Morgan fingerprint density at radius 1 is 1.06 bits per heavy atom. The van der Waals surface area contributed by atoms with E-state index in [9.17, 15) is 14.0 Å². The fourth-order valence-electron chi connectivity index (χ4n) is 4.59. The lowest BCUT2D eigenvalue weighted by atomic mass is 10.0. The molecule has 2 unspecified atom stereocenters. The minimum Gasteiger partial charge on any atom is -0.464 e. The second kappa shape index (κ2) is 10.9. The molecule has 2 atom stereocenters. The third kappa shape index (κ3) is 5.80. The van der Waals surface area contributed by atoms with E-state index in [1.807, 2.05) is 63.2 Å². The molecule has 35 heavy (non-hydrogen) atoms. The quantitative estimate of drug-likeness (QED) is 0.546. The summed E-state index contributed by atoms with van der Waals surface area (Å²) < 4.78 is 19.7. The lowest BCUT2D eigenvalue weighted by Gasteiger charge is -2.45. The van der Waals surface area contributed by atoms with Gasteiger partial charge in [-0.1, -0.05) is 56.3 Å². The van der Waals surface area contributed by atoms with Gasteiger partial charge in [0.05, 0.1) is 6.26 Å². The lowest BCUT2D eigenvalue weighted by molar-refractivity contribution is -0.150. The number of carbonyl (C=O) groups is 2. The van der Waals surface area contributed by atoms with Crippen molar-refractivity contribution in [2.24, 2.45) is 5.92 Å². The van der Waals surface area contributed by atoms with Crippen molar-refractivity contribution >= 4 is 11.8 Å². The van der Waals surface area contributed by atoms with E-state index in [2.05, 4.69) is 10.2 Å². The van der Waals surface area contributed by atoms with Crippen molar-refractivity contribution in [3.63, 3.8) is 0 Å². The zero-order valence-corrected chi connectivity index (χ0v) is 20.4. The molecule has 0 saturated carbocycles. The topological polar surface area (TPSA) is 65.8 Å². The number of piperazine rings is 1. The van der Waals surface area contributed by atoms with E-state index >= 15 is 0 Å². The molecule has 1 fully saturated rings. The summed E-state index contributed by atoms with van der Waals surface area (Å²) in [5.74, 6) is 0.0413. The summed E-state index contributed by atoms with van der Waals surface area (Å²) in [5.41, 5.74) is 2.49. The standard InChI is InChI=1S/C28H32FN3O3/c1-19(2)28(34)32-20(3)16-31(17-23-7-4-5-8-24(23)29)18-25(32)27(33)30-15-21-10-12-22(13-11-21)26-9-6-14-35-26/h4-14,19-20,25H,15-18H2,1-3H3,(H,30,33). The van der Waals surface area contributed by atoms with E-state index in [-0.39, 0.29) is 29.6 Å². The number of halogens is 1. The highest BCUT2D eigenvalue weighted by molar-refractivity contribution is 5.89. The van der Waals surface area contributed by atoms with Crippen LogP contribution in [0.4, 0.5) is 4.39 Å². The maximum atomic E-state index is 14.3. The van der Waals surface area contributed by atoms with Crippen LogP contribution in [0.25, 0.3) is 11.3 Å². The van der Waals surface area contributed by atoms with Crippen molar-refractivity contribution in [3.05, 3.63) is 83.9 Å². The molecule has 0 aliphatic carbocycles. The van der Waals surface area contributed by atoms with Crippen LogP contribution in [0.1, 0.15) is 31.9 Å². The second-order valence-electron chi connectivity index (χ2n) is 9.44. The molecule has 1 N–H and O–H groups in total. The van der Waals surface area contributed by atoms with E-state index in [1.54, 1.807) is 23.3 Å². The zero-order valence-electron chi connectivity index (χ0n) is 20.4. The largest absolute Gasteiger partial charge is 0.464 e. The molecule has 2 amide bonds. The molecule has 1 aromatic heterocycles. The summed E-state index contributed by atoms with van der Waals surface area (Å²) in [6, 6.07) is 17.4. The van der Waals surface area contributed by atoms with Gasteiger partial charge in [-0.05, 0) is 30.7 Å². The minimum atomic E-state index is -0.650. The maximum Gasteiger partial charge on any atom is 0.244 e. The Morgan fingerprint density at radius 3 is 2.46 bits per heavy atom. The van der Waals surface area contributed by atoms with Gasteiger partial charge < -0.3 is 14.6 Å². The Kier molecular flexibility index (Phi) is 7.66. The first-order valence-electron chi connectivity index (χ1n) is 12.0. The normalized spacial score (nSPS) is 18.6. The number of rotatable bonds is 7. The van der Waals surface area contributed by atoms with Gasteiger partial charge in [0.25, 0.3) is 0 Å². The number of nitrogens with zero attached hydrogens (tertiary/aromatic N) is 2. The van der Waals surface area contributed by atoms with Crippen molar-refractivity contribution in [3.8, 4) is 11.3 Å². The van der Waals surface area contributed by atoms with Crippen LogP contribution in [-0.2, 0) is 22.7 Å². The lowest BCUT2D eigenvalue weighted by Crippen LogP contribution is -2.64. The highest BCUT2D eigenvalue weighted by Gasteiger charge is 2.40. The van der Waals surface area contributed by atoms with E-state index in [0.29, 0.717) is 31.7 Å². The first-order valence-corrected chi connectivity index (χ1v) is 12.0. The van der Waals surface area contributed by atoms with E-state index in [0.717, 1.165) is 16.9 Å². The SMILES string of the molecule is CC(C)C(=O)N1C(C)CN(Cc2ccccc2F)CC1C(=O)NCc1ccc(-c2ccco2)cc1. The Morgan fingerprint density at radius 2 is 1.80 bits per heavy atom. The van der Waals surface area contributed by atoms with Crippen LogP contribution in [0.5, 0.6) is 0 Å². The number of nitrogens with one attached hydrogen (secondary N) is 1. The van der Waals surface area contributed by atoms with Crippen molar-refractivity contribution in [1.82, 2.24) is 15.1 Å². The zero-order chi connectivity index (χ0) is 24.9. The third-order valence-electron chi connectivity index (χ3n) is 6.39. The molecule has 184 valence electrons. The van der Waals surface area contributed by atoms with Crippen LogP contribution in [0, 0.1) is 11.7 Å². The molecule has 1 saturated heterocycles. The van der Waals surface area contributed by atoms with Gasteiger partial charge in [-0.2, -0.15) is 0 Å². The van der Waals surface area contributed by atoms with Crippen molar-refractivity contribution in [2.75, 3.05) is 13.1 Å². The summed E-state index contributed by atoms with van der Waals surface area (Å²) in [7, 11) is 0. The van der Waals surface area contributed by atoms with Gasteiger partial charge in [-0.25, -0.2) is 4.39 Å². The molecule has 6 nitrogen and oxygen atoms in total. The van der Waals surface area contributed by atoms with Gasteiger partial charge in [0.2, 0.25) is 11.8 Å². The molecule has 0 spiro atoms. The molecule has 2 aromatic carbocycles. The maximum absolute atomic E-state index is 14.3. The molecular formula is C28H32FN3O3. The van der Waals surface area contributed by atoms with Crippen LogP contribution in [0.2, 0.25) is 0 Å². The predicted molar refractivity (Wildman–Crippen MR) is 133 cm³/mol. The monoisotopic (exact) mass is 477 g/mol. The number of hydrogen-bond acceptors (Lipinski definition) is 4. The number of carbonyl (C=O) groups excluding carboxylic acids is 2. The molecule has 1 aliphatic rings. The van der Waals surface area contributed by atoms with Crippen LogP contribution in [-0.4, -0.2) is 46.8 Å². The number of furan rings is 1. The Bertz CT molecular complexity index is 1140. The second-order valence-corrected chi connectivity index (χ2v) is 9.44. The van der Waals surface area contributed by atoms with Gasteiger partial charge in [-0.15, -0.1) is 0 Å². The van der Waals surface area contributed by atoms with Gasteiger partial charge >= 0.3 is 0 Å². The van der Waals surface area contributed by atoms with Crippen molar-refractivity contribution in [1.29, 1.82) is 0 Å². The molecule has 0 bridgehead atoms. The van der Waals surface area contributed by atoms with Crippen LogP contribution in [0.15, 0.2) is 71.3 Å².